The molecule has 0 spiro atoms. The first-order valence-corrected chi connectivity index (χ1v) is 8.26. The van der Waals surface area contributed by atoms with E-state index in [1.807, 2.05) is 43.3 Å². The molecule has 1 aromatic heterocycles. The summed E-state index contributed by atoms with van der Waals surface area (Å²) in [6.07, 6.45) is 1.05. The molecule has 122 valence electrons. The summed E-state index contributed by atoms with van der Waals surface area (Å²) in [6, 6.07) is 22.6. The summed E-state index contributed by atoms with van der Waals surface area (Å²) in [5.41, 5.74) is 5.52. The zero-order chi connectivity index (χ0) is 16.8. The first kappa shape index (κ1) is 16.1. The van der Waals surface area contributed by atoms with Gasteiger partial charge in [0.05, 0.1) is 6.61 Å². The number of benzene rings is 2. The van der Waals surface area contributed by atoms with E-state index in [1.165, 1.54) is 0 Å². The van der Waals surface area contributed by atoms with Crippen molar-refractivity contribution in [3.8, 4) is 22.5 Å². The van der Waals surface area contributed by atoms with Crippen molar-refractivity contribution in [1.82, 2.24) is 4.98 Å². The van der Waals surface area contributed by atoms with E-state index in [4.69, 9.17) is 4.74 Å². The molecule has 0 atom stereocenters. The van der Waals surface area contributed by atoms with E-state index in [0.29, 0.717) is 19.4 Å². The van der Waals surface area contributed by atoms with E-state index in [2.05, 4.69) is 35.3 Å². The maximum absolute atomic E-state index is 11.7. The zero-order valence-corrected chi connectivity index (χ0v) is 13.8. The minimum absolute atomic E-state index is 0.154. The lowest BCUT2D eigenvalue weighted by Gasteiger charge is -2.04. The van der Waals surface area contributed by atoms with Crippen LogP contribution in [0.2, 0.25) is 0 Å². The van der Waals surface area contributed by atoms with Gasteiger partial charge in [-0.25, -0.2) is 0 Å². The van der Waals surface area contributed by atoms with E-state index in [-0.39, 0.29) is 5.97 Å². The van der Waals surface area contributed by atoms with Gasteiger partial charge in [-0.05, 0) is 36.1 Å². The molecule has 0 amide bonds. The average Bonchev–Trinajstić information content (AvgIpc) is 3.06. The van der Waals surface area contributed by atoms with Gasteiger partial charge in [0, 0.05) is 17.8 Å². The normalized spacial score (nSPS) is 10.5. The molecule has 0 bridgehead atoms. The Bertz CT molecular complexity index is 791. The van der Waals surface area contributed by atoms with Crippen molar-refractivity contribution in [3.63, 3.8) is 0 Å². The predicted octanol–water partition coefficient (Wildman–Crippen LogP) is 4.84. The van der Waals surface area contributed by atoms with Crippen LogP contribution in [0.1, 0.15) is 18.9 Å². The van der Waals surface area contributed by atoms with Crippen LogP contribution in [0, 0.1) is 0 Å². The summed E-state index contributed by atoms with van der Waals surface area (Å²) in [6.45, 7) is 2.25. The number of aromatic amines is 1. The van der Waals surface area contributed by atoms with Crippen molar-refractivity contribution in [1.29, 1.82) is 0 Å². The lowest BCUT2D eigenvalue weighted by molar-refractivity contribution is -0.143. The second-order valence-corrected chi connectivity index (χ2v) is 5.62. The molecule has 1 heterocycles. The molecule has 0 aliphatic rings. The summed E-state index contributed by atoms with van der Waals surface area (Å²) >= 11 is 0. The topological polar surface area (TPSA) is 42.1 Å². The fraction of sp³-hybridized carbons (Fsp3) is 0.190. The Morgan fingerprint density at radius 2 is 1.58 bits per heavy atom. The Labute approximate surface area is 142 Å². The Hall–Kier alpha value is -2.81. The van der Waals surface area contributed by atoms with Crippen LogP contribution in [0.25, 0.3) is 22.5 Å². The number of hydrogen-bond donors (Lipinski definition) is 1. The lowest BCUT2D eigenvalue weighted by Crippen LogP contribution is -2.05. The molecule has 0 saturated heterocycles. The quantitative estimate of drug-likeness (QED) is 0.660. The van der Waals surface area contributed by atoms with Crippen LogP contribution in [0.15, 0.2) is 66.7 Å². The number of hydrogen-bond acceptors (Lipinski definition) is 2. The third-order valence-corrected chi connectivity index (χ3v) is 3.95. The molecule has 3 rings (SSSR count). The highest BCUT2D eigenvalue weighted by Gasteiger charge is 2.13. The SMILES string of the molecule is CCOC(=O)CCc1cc(-c2ccccc2)[nH]c1-c1ccccc1. The predicted molar refractivity (Wildman–Crippen MR) is 96.6 cm³/mol. The number of H-pyrrole nitrogens is 1. The highest BCUT2D eigenvalue weighted by atomic mass is 16.5. The maximum Gasteiger partial charge on any atom is 0.306 e. The van der Waals surface area contributed by atoms with Gasteiger partial charge < -0.3 is 9.72 Å². The van der Waals surface area contributed by atoms with Crippen molar-refractivity contribution in [2.45, 2.75) is 19.8 Å². The smallest absolute Gasteiger partial charge is 0.306 e. The summed E-state index contributed by atoms with van der Waals surface area (Å²) in [4.78, 5) is 15.2. The standard InChI is InChI=1S/C21H21NO2/c1-2-24-20(23)14-13-18-15-19(16-9-5-3-6-10-16)22-21(18)17-11-7-4-8-12-17/h3-12,15,22H,2,13-14H2,1H3. The van der Waals surface area contributed by atoms with Gasteiger partial charge in [0.1, 0.15) is 0 Å². The molecule has 3 aromatic rings. The van der Waals surface area contributed by atoms with Crippen LogP contribution in [0.4, 0.5) is 0 Å². The van der Waals surface area contributed by atoms with Gasteiger partial charge in [0.2, 0.25) is 0 Å². The third-order valence-electron chi connectivity index (χ3n) is 3.95. The summed E-state index contributed by atoms with van der Waals surface area (Å²) in [5.74, 6) is -0.154. The van der Waals surface area contributed by atoms with E-state index in [0.717, 1.165) is 28.1 Å². The molecule has 3 nitrogen and oxygen atoms in total. The van der Waals surface area contributed by atoms with E-state index < -0.39 is 0 Å². The highest BCUT2D eigenvalue weighted by Crippen LogP contribution is 2.29. The molecule has 0 aliphatic carbocycles. The molecule has 0 unspecified atom stereocenters. The van der Waals surface area contributed by atoms with Gasteiger partial charge in [-0.15, -0.1) is 0 Å². The lowest BCUT2D eigenvalue weighted by atomic mass is 10.0. The number of nitrogens with one attached hydrogen (secondary N) is 1. The summed E-state index contributed by atoms with van der Waals surface area (Å²) < 4.78 is 5.05. The highest BCUT2D eigenvalue weighted by molar-refractivity contribution is 5.74. The van der Waals surface area contributed by atoms with Crippen LogP contribution < -0.4 is 0 Å². The van der Waals surface area contributed by atoms with Crippen LogP contribution in [0.5, 0.6) is 0 Å². The Balaban J connectivity index is 1.93. The minimum Gasteiger partial charge on any atom is -0.466 e. The third kappa shape index (κ3) is 3.74. The minimum atomic E-state index is -0.154. The fourth-order valence-corrected chi connectivity index (χ4v) is 2.80. The Kier molecular flexibility index (Phi) is 5.12. The van der Waals surface area contributed by atoms with E-state index in [1.54, 1.807) is 0 Å². The monoisotopic (exact) mass is 319 g/mol. The second kappa shape index (κ2) is 7.64. The number of aryl methyl sites for hydroxylation is 1. The number of esters is 1. The first-order chi connectivity index (χ1) is 11.8. The van der Waals surface area contributed by atoms with Crippen LogP contribution in [-0.4, -0.2) is 17.6 Å². The van der Waals surface area contributed by atoms with Crippen molar-refractivity contribution in [2.24, 2.45) is 0 Å². The Morgan fingerprint density at radius 3 is 2.21 bits per heavy atom. The van der Waals surface area contributed by atoms with Gasteiger partial charge in [-0.2, -0.15) is 0 Å². The molecular weight excluding hydrogens is 298 g/mol. The number of ether oxygens (including phenoxy) is 1. The average molecular weight is 319 g/mol. The van der Waals surface area contributed by atoms with Gasteiger partial charge >= 0.3 is 5.97 Å². The molecule has 0 fully saturated rings. The second-order valence-electron chi connectivity index (χ2n) is 5.62. The Morgan fingerprint density at radius 1 is 0.958 bits per heavy atom. The molecule has 0 radical (unpaired) electrons. The molecule has 2 aromatic carbocycles. The zero-order valence-electron chi connectivity index (χ0n) is 13.8. The number of carbonyl (C=O) groups is 1. The molecule has 24 heavy (non-hydrogen) atoms. The van der Waals surface area contributed by atoms with Crippen molar-refractivity contribution in [3.05, 3.63) is 72.3 Å². The van der Waals surface area contributed by atoms with Gasteiger partial charge in [0.25, 0.3) is 0 Å². The van der Waals surface area contributed by atoms with Crippen LogP contribution in [-0.2, 0) is 16.0 Å². The van der Waals surface area contributed by atoms with Crippen LogP contribution >= 0.6 is 0 Å². The molecule has 0 saturated carbocycles. The van der Waals surface area contributed by atoms with E-state index in [9.17, 15) is 4.79 Å². The number of carbonyl (C=O) groups excluding carboxylic acids is 1. The maximum atomic E-state index is 11.7. The van der Waals surface area contributed by atoms with Gasteiger partial charge in [-0.1, -0.05) is 60.7 Å². The molecule has 1 N–H and O–H groups in total. The summed E-state index contributed by atoms with van der Waals surface area (Å²) in [7, 11) is 0. The first-order valence-electron chi connectivity index (χ1n) is 8.26. The number of rotatable bonds is 6. The van der Waals surface area contributed by atoms with Crippen LogP contribution in [0.3, 0.4) is 0 Å². The van der Waals surface area contributed by atoms with Gasteiger partial charge in [0.15, 0.2) is 0 Å². The fourth-order valence-electron chi connectivity index (χ4n) is 2.80. The van der Waals surface area contributed by atoms with Gasteiger partial charge in [-0.3, -0.25) is 4.79 Å². The largest absolute Gasteiger partial charge is 0.466 e. The molecular formula is C21H21NO2. The molecule has 3 heteroatoms. The molecule has 0 aliphatic heterocycles. The van der Waals surface area contributed by atoms with Crippen molar-refractivity contribution in [2.75, 3.05) is 6.61 Å². The number of aromatic nitrogens is 1. The van der Waals surface area contributed by atoms with Crippen molar-refractivity contribution >= 4 is 5.97 Å². The van der Waals surface area contributed by atoms with E-state index >= 15 is 0 Å². The summed E-state index contributed by atoms with van der Waals surface area (Å²) in [5, 5.41) is 0. The van der Waals surface area contributed by atoms with Crippen molar-refractivity contribution < 1.29 is 9.53 Å².